The summed E-state index contributed by atoms with van der Waals surface area (Å²) in [6, 6.07) is 5.58. The number of hydrogen-bond acceptors (Lipinski definition) is 3. The molecule has 2 amide bonds. The maximum absolute atomic E-state index is 12.1. The van der Waals surface area contributed by atoms with Gasteiger partial charge in [0.15, 0.2) is 0 Å². The first-order chi connectivity index (χ1) is 9.70. The molecule has 0 radical (unpaired) electrons. The van der Waals surface area contributed by atoms with E-state index in [1.165, 1.54) is 0 Å². The number of aryl methyl sites for hydroxylation is 1. The van der Waals surface area contributed by atoms with Gasteiger partial charge in [0.2, 0.25) is 0 Å². The Morgan fingerprint density at radius 3 is 2.85 bits per heavy atom. The van der Waals surface area contributed by atoms with Crippen molar-refractivity contribution in [3.05, 3.63) is 29.3 Å². The molecule has 0 atom stereocenters. The molecule has 1 fully saturated rings. The van der Waals surface area contributed by atoms with Gasteiger partial charge in [0.05, 0.1) is 19.8 Å². The maximum atomic E-state index is 12.1. The van der Waals surface area contributed by atoms with Crippen molar-refractivity contribution in [3.63, 3.8) is 0 Å². The third-order valence-electron chi connectivity index (χ3n) is 3.10. The Balaban J connectivity index is 2.02. The van der Waals surface area contributed by atoms with Gasteiger partial charge in [-0.25, -0.2) is 4.79 Å². The van der Waals surface area contributed by atoms with E-state index in [-0.39, 0.29) is 6.03 Å². The fraction of sp³-hybridized carbons (Fsp3) is 0.400. The molecule has 0 spiro atoms. The second kappa shape index (κ2) is 6.94. The highest BCUT2D eigenvalue weighted by Crippen LogP contribution is 2.15. The van der Waals surface area contributed by atoms with E-state index in [1.54, 1.807) is 4.90 Å². The molecule has 20 heavy (non-hydrogen) atoms. The van der Waals surface area contributed by atoms with E-state index in [4.69, 9.17) is 10.5 Å². The molecular weight excluding hydrogens is 254 g/mol. The van der Waals surface area contributed by atoms with Crippen LogP contribution in [0.3, 0.4) is 0 Å². The summed E-state index contributed by atoms with van der Waals surface area (Å²) < 4.78 is 5.23. The van der Waals surface area contributed by atoms with Crippen molar-refractivity contribution in [2.24, 2.45) is 5.73 Å². The van der Waals surface area contributed by atoms with Gasteiger partial charge in [-0.05, 0) is 30.7 Å². The summed E-state index contributed by atoms with van der Waals surface area (Å²) in [6.45, 7) is 4.76. The number of nitrogens with zero attached hydrogens (tertiary/aromatic N) is 1. The van der Waals surface area contributed by atoms with Crippen LogP contribution in [0.2, 0.25) is 0 Å². The largest absolute Gasteiger partial charge is 0.378 e. The van der Waals surface area contributed by atoms with Crippen molar-refractivity contribution >= 4 is 11.7 Å². The molecule has 0 aliphatic carbocycles. The third-order valence-corrected chi connectivity index (χ3v) is 3.10. The highest BCUT2D eigenvalue weighted by atomic mass is 16.5. The lowest BCUT2D eigenvalue weighted by Gasteiger charge is -2.27. The zero-order valence-electron chi connectivity index (χ0n) is 11.6. The van der Waals surface area contributed by atoms with Crippen LogP contribution in [0.15, 0.2) is 18.2 Å². The first-order valence-corrected chi connectivity index (χ1v) is 6.64. The summed E-state index contributed by atoms with van der Waals surface area (Å²) in [5, 5.41) is 2.89. The Labute approximate surface area is 119 Å². The van der Waals surface area contributed by atoms with Gasteiger partial charge >= 0.3 is 6.03 Å². The predicted molar refractivity (Wildman–Crippen MR) is 78.5 cm³/mol. The van der Waals surface area contributed by atoms with Gasteiger partial charge in [-0.1, -0.05) is 11.8 Å². The second-order valence-corrected chi connectivity index (χ2v) is 4.57. The molecule has 0 aromatic heterocycles. The molecule has 106 valence electrons. The predicted octanol–water partition coefficient (Wildman–Crippen LogP) is 1.17. The van der Waals surface area contributed by atoms with E-state index < -0.39 is 0 Å². The van der Waals surface area contributed by atoms with Gasteiger partial charge in [-0.2, -0.15) is 0 Å². The van der Waals surface area contributed by atoms with Gasteiger partial charge < -0.3 is 20.7 Å². The Bertz CT molecular complexity index is 540. The smallest absolute Gasteiger partial charge is 0.321 e. The van der Waals surface area contributed by atoms with Crippen molar-refractivity contribution in [1.82, 2.24) is 4.90 Å². The minimum atomic E-state index is -0.0894. The van der Waals surface area contributed by atoms with E-state index in [0.717, 1.165) is 16.8 Å². The van der Waals surface area contributed by atoms with Gasteiger partial charge in [0.25, 0.3) is 0 Å². The van der Waals surface area contributed by atoms with Crippen LogP contribution >= 0.6 is 0 Å². The molecule has 0 unspecified atom stereocenters. The molecule has 2 rings (SSSR count). The molecular formula is C15H19N3O2. The minimum Gasteiger partial charge on any atom is -0.378 e. The zero-order valence-corrected chi connectivity index (χ0v) is 11.6. The molecule has 5 nitrogen and oxygen atoms in total. The van der Waals surface area contributed by atoms with Gasteiger partial charge in [-0.3, -0.25) is 0 Å². The fourth-order valence-corrected chi connectivity index (χ4v) is 2.00. The first kappa shape index (κ1) is 14.4. The van der Waals surface area contributed by atoms with Crippen LogP contribution in [-0.2, 0) is 4.74 Å². The van der Waals surface area contributed by atoms with Crippen molar-refractivity contribution in [1.29, 1.82) is 0 Å². The Morgan fingerprint density at radius 1 is 1.45 bits per heavy atom. The number of morpholine rings is 1. The van der Waals surface area contributed by atoms with Crippen LogP contribution in [-0.4, -0.2) is 43.8 Å². The summed E-state index contributed by atoms with van der Waals surface area (Å²) in [7, 11) is 0. The Kier molecular flexibility index (Phi) is 4.99. The van der Waals surface area contributed by atoms with Crippen molar-refractivity contribution < 1.29 is 9.53 Å². The van der Waals surface area contributed by atoms with E-state index in [2.05, 4.69) is 17.2 Å². The molecule has 1 aliphatic heterocycles. The highest BCUT2D eigenvalue weighted by molar-refractivity contribution is 5.89. The normalized spacial score (nSPS) is 14.4. The van der Waals surface area contributed by atoms with Gasteiger partial charge in [0.1, 0.15) is 0 Å². The monoisotopic (exact) mass is 273 g/mol. The molecule has 0 bridgehead atoms. The SMILES string of the molecule is Cc1cc(NC(=O)N2CCOCC2)ccc1C#CCN. The lowest BCUT2D eigenvalue weighted by molar-refractivity contribution is 0.0564. The molecule has 5 heteroatoms. The number of rotatable bonds is 1. The van der Waals surface area contributed by atoms with E-state index in [1.807, 2.05) is 25.1 Å². The van der Waals surface area contributed by atoms with Crippen molar-refractivity contribution in [2.45, 2.75) is 6.92 Å². The van der Waals surface area contributed by atoms with E-state index in [0.29, 0.717) is 32.8 Å². The third kappa shape index (κ3) is 3.73. The highest BCUT2D eigenvalue weighted by Gasteiger charge is 2.16. The number of carbonyl (C=O) groups is 1. The van der Waals surface area contributed by atoms with Crippen LogP contribution in [0.4, 0.5) is 10.5 Å². The summed E-state index contributed by atoms with van der Waals surface area (Å²) >= 11 is 0. The number of anilines is 1. The van der Waals surface area contributed by atoms with Crippen LogP contribution < -0.4 is 11.1 Å². The van der Waals surface area contributed by atoms with Crippen LogP contribution in [0.5, 0.6) is 0 Å². The van der Waals surface area contributed by atoms with Gasteiger partial charge in [0, 0.05) is 24.3 Å². The topological polar surface area (TPSA) is 67.6 Å². The fourth-order valence-electron chi connectivity index (χ4n) is 2.00. The first-order valence-electron chi connectivity index (χ1n) is 6.64. The standard InChI is InChI=1S/C15H19N3O2/c1-12-11-14(5-4-13(12)3-2-6-16)17-15(19)18-7-9-20-10-8-18/h4-5,11H,6-10,16H2,1H3,(H,17,19). The molecule has 1 aromatic rings. The summed E-state index contributed by atoms with van der Waals surface area (Å²) in [4.78, 5) is 13.8. The number of amides is 2. The van der Waals surface area contributed by atoms with Gasteiger partial charge in [-0.15, -0.1) is 0 Å². The van der Waals surface area contributed by atoms with Crippen LogP contribution in [0.1, 0.15) is 11.1 Å². The summed E-state index contributed by atoms with van der Waals surface area (Å²) in [5.41, 5.74) is 8.08. The molecule has 1 heterocycles. The molecule has 3 N–H and O–H groups in total. The summed E-state index contributed by atoms with van der Waals surface area (Å²) in [6.07, 6.45) is 0. The number of ether oxygens (including phenoxy) is 1. The second-order valence-electron chi connectivity index (χ2n) is 4.57. The number of carbonyl (C=O) groups excluding carboxylic acids is 1. The van der Waals surface area contributed by atoms with Crippen LogP contribution in [0.25, 0.3) is 0 Å². The number of benzene rings is 1. The number of nitrogens with two attached hydrogens (primary N) is 1. The van der Waals surface area contributed by atoms with E-state index in [9.17, 15) is 4.79 Å². The average Bonchev–Trinajstić information content (AvgIpc) is 2.47. The van der Waals surface area contributed by atoms with Crippen molar-refractivity contribution in [3.8, 4) is 11.8 Å². The quantitative estimate of drug-likeness (QED) is 0.755. The molecule has 0 saturated carbocycles. The Morgan fingerprint density at radius 2 is 2.20 bits per heavy atom. The van der Waals surface area contributed by atoms with Crippen LogP contribution in [0, 0.1) is 18.8 Å². The number of hydrogen-bond donors (Lipinski definition) is 2. The van der Waals surface area contributed by atoms with E-state index >= 15 is 0 Å². The number of urea groups is 1. The molecule has 1 aliphatic rings. The molecule has 1 aromatic carbocycles. The van der Waals surface area contributed by atoms with Crippen molar-refractivity contribution in [2.75, 3.05) is 38.2 Å². The minimum absolute atomic E-state index is 0.0894. The lowest BCUT2D eigenvalue weighted by atomic mass is 10.1. The maximum Gasteiger partial charge on any atom is 0.321 e. The number of nitrogens with one attached hydrogen (secondary N) is 1. The Hall–Kier alpha value is -2.03. The average molecular weight is 273 g/mol. The zero-order chi connectivity index (χ0) is 14.4. The molecule has 1 saturated heterocycles. The lowest BCUT2D eigenvalue weighted by Crippen LogP contribution is -2.43. The summed E-state index contributed by atoms with van der Waals surface area (Å²) in [5.74, 6) is 5.83.